The summed E-state index contributed by atoms with van der Waals surface area (Å²) in [5.41, 5.74) is 0.774. The molecular formula is C16H20FN5O2S. The van der Waals surface area contributed by atoms with E-state index in [0.717, 1.165) is 68.1 Å². The van der Waals surface area contributed by atoms with Crippen molar-refractivity contribution in [3.63, 3.8) is 0 Å². The van der Waals surface area contributed by atoms with E-state index in [0.29, 0.717) is 4.88 Å². The Hall–Kier alpha value is -2.16. The fraction of sp³-hybridized carbons (Fsp3) is 0.562. The number of rotatable bonds is 6. The third-order valence-corrected chi connectivity index (χ3v) is 4.89. The van der Waals surface area contributed by atoms with Gasteiger partial charge >= 0.3 is 6.01 Å². The Morgan fingerprint density at radius 3 is 2.72 bits per heavy atom. The molecule has 1 amide bonds. The smallest absolute Gasteiger partial charge is 0.316 e. The molecule has 2 aromatic heterocycles. The number of nitrogens with zero attached hydrogens (tertiary/aromatic N) is 4. The summed E-state index contributed by atoms with van der Waals surface area (Å²) < 4.78 is 22.4. The molecule has 25 heavy (non-hydrogen) atoms. The van der Waals surface area contributed by atoms with Crippen LogP contribution >= 0.6 is 11.5 Å². The highest BCUT2D eigenvalue weighted by molar-refractivity contribution is 7.08. The van der Waals surface area contributed by atoms with Crippen LogP contribution in [0.1, 0.15) is 54.4 Å². The van der Waals surface area contributed by atoms with Crippen LogP contribution in [0.4, 0.5) is 4.39 Å². The average molecular weight is 365 g/mol. The summed E-state index contributed by atoms with van der Waals surface area (Å²) in [6, 6.07) is 0.298. The van der Waals surface area contributed by atoms with Crippen LogP contribution in [0, 0.1) is 5.82 Å². The van der Waals surface area contributed by atoms with Crippen LogP contribution in [0.15, 0.2) is 12.4 Å². The summed E-state index contributed by atoms with van der Waals surface area (Å²) in [5, 5.41) is 7.10. The quantitative estimate of drug-likeness (QED) is 0.846. The number of nitrogens with one attached hydrogen (secondary N) is 1. The first-order valence-electron chi connectivity index (χ1n) is 8.42. The van der Waals surface area contributed by atoms with Crippen molar-refractivity contribution in [2.24, 2.45) is 0 Å². The summed E-state index contributed by atoms with van der Waals surface area (Å²) in [7, 11) is 0. The van der Waals surface area contributed by atoms with E-state index in [4.69, 9.17) is 4.74 Å². The van der Waals surface area contributed by atoms with Crippen molar-refractivity contribution in [3.8, 4) is 6.01 Å². The van der Waals surface area contributed by atoms with E-state index in [1.807, 2.05) is 6.92 Å². The number of carbonyl (C=O) groups is 1. The van der Waals surface area contributed by atoms with Gasteiger partial charge in [-0.2, -0.15) is 0 Å². The normalized spacial score (nSPS) is 20.2. The molecule has 0 saturated heterocycles. The lowest BCUT2D eigenvalue weighted by Crippen LogP contribution is -2.39. The van der Waals surface area contributed by atoms with Gasteiger partial charge in [-0.3, -0.25) is 4.79 Å². The predicted octanol–water partition coefficient (Wildman–Crippen LogP) is 2.54. The molecular weight excluding hydrogens is 345 g/mol. The monoisotopic (exact) mass is 365 g/mol. The van der Waals surface area contributed by atoms with Gasteiger partial charge in [0.15, 0.2) is 5.82 Å². The molecule has 1 aliphatic carbocycles. The molecule has 0 aromatic carbocycles. The molecule has 134 valence electrons. The van der Waals surface area contributed by atoms with E-state index in [2.05, 4.69) is 24.9 Å². The van der Waals surface area contributed by atoms with Gasteiger partial charge in [0, 0.05) is 6.04 Å². The summed E-state index contributed by atoms with van der Waals surface area (Å²) in [6.45, 7) is 2.05. The van der Waals surface area contributed by atoms with Crippen LogP contribution < -0.4 is 10.1 Å². The Kier molecular flexibility index (Phi) is 5.85. The zero-order valence-corrected chi connectivity index (χ0v) is 14.8. The van der Waals surface area contributed by atoms with Crippen LogP contribution in [-0.4, -0.2) is 37.6 Å². The van der Waals surface area contributed by atoms with Crippen molar-refractivity contribution < 1.29 is 13.9 Å². The Balaban J connectivity index is 1.48. The number of aryl methyl sites for hydroxylation is 1. The molecule has 1 fully saturated rings. The lowest BCUT2D eigenvalue weighted by molar-refractivity contribution is 0.0887. The van der Waals surface area contributed by atoms with Crippen LogP contribution in [0.5, 0.6) is 6.01 Å². The third-order valence-electron chi connectivity index (χ3n) is 4.13. The van der Waals surface area contributed by atoms with Gasteiger partial charge in [0.2, 0.25) is 0 Å². The predicted molar refractivity (Wildman–Crippen MR) is 90.0 cm³/mol. The molecule has 0 bridgehead atoms. The molecule has 0 spiro atoms. The van der Waals surface area contributed by atoms with Gasteiger partial charge in [0.05, 0.1) is 18.1 Å². The first-order valence-corrected chi connectivity index (χ1v) is 9.19. The van der Waals surface area contributed by atoms with Gasteiger partial charge in [-0.05, 0) is 43.6 Å². The van der Waals surface area contributed by atoms with Crippen LogP contribution in [0.3, 0.4) is 0 Å². The van der Waals surface area contributed by atoms with Gasteiger partial charge in [-0.25, -0.2) is 14.4 Å². The van der Waals surface area contributed by atoms with Gasteiger partial charge < -0.3 is 10.1 Å². The first-order chi connectivity index (χ1) is 12.2. The molecule has 0 aliphatic heterocycles. The molecule has 9 heteroatoms. The minimum atomic E-state index is -0.487. The number of aromatic nitrogens is 4. The van der Waals surface area contributed by atoms with Gasteiger partial charge in [0.25, 0.3) is 5.91 Å². The molecule has 2 heterocycles. The molecule has 0 unspecified atom stereocenters. The topological polar surface area (TPSA) is 89.9 Å². The molecule has 3 rings (SSSR count). The van der Waals surface area contributed by atoms with Crippen LogP contribution in [-0.2, 0) is 6.42 Å². The second-order valence-corrected chi connectivity index (χ2v) is 6.80. The fourth-order valence-electron chi connectivity index (χ4n) is 2.87. The maximum atomic E-state index is 12.8. The number of halogens is 1. The van der Waals surface area contributed by atoms with E-state index in [1.165, 1.54) is 0 Å². The van der Waals surface area contributed by atoms with E-state index in [9.17, 15) is 9.18 Å². The molecule has 1 saturated carbocycles. The largest absolute Gasteiger partial charge is 0.460 e. The van der Waals surface area contributed by atoms with Crippen molar-refractivity contribution in [2.75, 3.05) is 0 Å². The highest BCUT2D eigenvalue weighted by atomic mass is 32.1. The van der Waals surface area contributed by atoms with Crippen molar-refractivity contribution in [2.45, 2.75) is 57.6 Å². The second-order valence-electron chi connectivity index (χ2n) is 6.05. The minimum Gasteiger partial charge on any atom is -0.460 e. The lowest BCUT2D eigenvalue weighted by Gasteiger charge is -2.28. The lowest BCUT2D eigenvalue weighted by atomic mass is 9.93. The Morgan fingerprint density at radius 2 is 2.04 bits per heavy atom. The van der Waals surface area contributed by atoms with Crippen LogP contribution in [0.2, 0.25) is 0 Å². The zero-order chi connectivity index (χ0) is 17.6. The Bertz CT molecular complexity index is 701. The maximum Gasteiger partial charge on any atom is 0.316 e. The standard InChI is InChI=1S/C16H20FN5O2S/c1-2-3-13-14(25-22-21-13)15(23)20-11-4-6-12(7-5-11)24-16-18-8-10(17)9-19-16/h8-9,11-12H,2-7H2,1H3,(H,20,23). The van der Waals surface area contributed by atoms with Crippen molar-refractivity contribution in [3.05, 3.63) is 28.8 Å². The highest BCUT2D eigenvalue weighted by Crippen LogP contribution is 2.23. The van der Waals surface area contributed by atoms with Gasteiger partial charge in [-0.1, -0.05) is 17.8 Å². The summed E-state index contributed by atoms with van der Waals surface area (Å²) in [5.74, 6) is -0.580. The number of carbonyl (C=O) groups excluding carboxylic acids is 1. The fourth-order valence-corrected chi connectivity index (χ4v) is 3.48. The van der Waals surface area contributed by atoms with Crippen molar-refractivity contribution >= 4 is 17.4 Å². The summed E-state index contributed by atoms with van der Waals surface area (Å²) >= 11 is 1.14. The Morgan fingerprint density at radius 1 is 1.32 bits per heavy atom. The summed E-state index contributed by atoms with van der Waals surface area (Å²) in [6.07, 6.45) is 7.05. The van der Waals surface area contributed by atoms with E-state index in [1.54, 1.807) is 0 Å². The number of ether oxygens (including phenoxy) is 1. The van der Waals surface area contributed by atoms with E-state index < -0.39 is 5.82 Å². The van der Waals surface area contributed by atoms with E-state index in [-0.39, 0.29) is 24.1 Å². The number of hydrogen-bond acceptors (Lipinski definition) is 7. The maximum absolute atomic E-state index is 12.8. The SMILES string of the molecule is CCCc1nnsc1C(=O)NC1CCC(Oc2ncc(F)cn2)CC1. The van der Waals surface area contributed by atoms with Gasteiger partial charge in [0.1, 0.15) is 11.0 Å². The van der Waals surface area contributed by atoms with E-state index >= 15 is 0 Å². The zero-order valence-electron chi connectivity index (χ0n) is 13.9. The third kappa shape index (κ3) is 4.68. The molecule has 0 radical (unpaired) electrons. The second kappa shape index (κ2) is 8.28. The molecule has 7 nitrogen and oxygen atoms in total. The van der Waals surface area contributed by atoms with Crippen molar-refractivity contribution in [1.29, 1.82) is 0 Å². The minimum absolute atomic E-state index is 0.0145. The summed E-state index contributed by atoms with van der Waals surface area (Å²) in [4.78, 5) is 20.6. The molecule has 2 aromatic rings. The van der Waals surface area contributed by atoms with Crippen LogP contribution in [0.25, 0.3) is 0 Å². The first kappa shape index (κ1) is 17.7. The van der Waals surface area contributed by atoms with Crippen molar-refractivity contribution in [1.82, 2.24) is 24.9 Å². The molecule has 1 aliphatic rings. The highest BCUT2D eigenvalue weighted by Gasteiger charge is 2.26. The average Bonchev–Trinajstić information content (AvgIpc) is 3.07. The molecule has 1 N–H and O–H groups in total. The Labute approximate surface area is 149 Å². The number of hydrogen-bond donors (Lipinski definition) is 1. The van der Waals surface area contributed by atoms with Gasteiger partial charge in [-0.15, -0.1) is 5.10 Å². The number of amides is 1. The molecule has 0 atom stereocenters.